The van der Waals surface area contributed by atoms with Crippen LogP contribution in [0.3, 0.4) is 0 Å². The third kappa shape index (κ3) is 25.1. The average Bonchev–Trinajstić information content (AvgIpc) is 0.800. The lowest BCUT2D eigenvalue weighted by atomic mass is 9.97. The SMILES string of the molecule is CC(C)(C)OC(=O)N1CCC(COc2cccc3c2C(N)=NS(=O)(=O)C3)CC1.CC(C)(C)OC(=O)N1CCC[C@H](Oc2cccc3c2C(N)=NS(=O)(=O)C3)C1.CC(O)N1CCC(Oc2cccc3c2C(N)=NS(=O)(=O)C3)CC1.CN1CCC(Oc2cccc3c2C(N)=NS(=O)(=O)C3)CC1.NC1=NS(=O)(=O)Cc2cccc(OC3CCCCC3)c21. The molecule has 39 heteroatoms. The monoisotopic (exact) mass is 1750 g/mol. The van der Waals surface area contributed by atoms with Crippen LogP contribution in [0.5, 0.6) is 28.7 Å². The molecule has 10 aliphatic rings. The van der Waals surface area contributed by atoms with E-state index in [1.165, 1.54) is 19.3 Å². The summed E-state index contributed by atoms with van der Waals surface area (Å²) in [4.78, 5) is 32.1. The van der Waals surface area contributed by atoms with Crippen LogP contribution >= 0.6 is 0 Å². The standard InChI is InChI=1S/C19H27N3O5S.C18H25N3O5S.C15H21N3O4S.C14H19N3O3S.C14H18N2O3S/c1-19(2,3)27-18(23)22-9-7-13(8-10-22)11-26-15-6-4-5-14-12-28(24,25)21-17(20)16(14)15;1-18(2,3)26-17(22)21-9-5-7-13(10-21)25-14-8-4-6-12-11-27(23,24)20-16(19)15(12)14;1-10(19)18-7-5-12(6-8-18)22-13-4-2-3-11-9-23(20,21)17-15(16)14(11)13;1-17-7-5-11(6-8-17)20-12-4-2-3-10-9-21(18,19)16-14(15)13(10)12;15-14-13-10(9-20(17,18)16-14)5-4-8-12(13)19-11-6-2-1-3-7-11/h4-6,13H,7-12H2,1-3H3,(H2,20,21);4,6,8,13H,5,7,9-11H2,1-3H3,(H2,19,20);2-4,10,12,19H,5-9H2,1H3,(H2,16,17);2-4,11H,5-9H2,1H3,(H2,15,16);4-5,8,11H,1-3,6-7,9H2,(H2,15,16)/t;13-;;;/m.0.../s1. The van der Waals surface area contributed by atoms with Gasteiger partial charge in [-0.25, -0.2) is 51.7 Å². The van der Waals surface area contributed by atoms with Crippen LogP contribution in [-0.2, 0) is 88.4 Å². The first kappa shape index (κ1) is 90.4. The Hall–Kier alpha value is -9.38. The first-order valence-electron chi connectivity index (χ1n) is 39.8. The quantitative estimate of drug-likeness (QED) is 0.0710. The highest BCUT2D eigenvalue weighted by molar-refractivity contribution is 7.90. The Morgan fingerprint density at radius 1 is 0.403 bits per heavy atom. The Morgan fingerprint density at radius 3 is 1.05 bits per heavy atom. The summed E-state index contributed by atoms with van der Waals surface area (Å²) in [5, 5.41) is 9.59. The lowest BCUT2D eigenvalue weighted by Crippen LogP contribution is -2.46. The summed E-state index contributed by atoms with van der Waals surface area (Å²) in [6.45, 7) is 19.0. The van der Waals surface area contributed by atoms with Crippen molar-refractivity contribution >= 4 is 91.5 Å². The zero-order valence-corrected chi connectivity index (χ0v) is 72.5. The van der Waals surface area contributed by atoms with E-state index in [0.717, 1.165) is 90.4 Å². The largest absolute Gasteiger partial charge is 0.493 e. The molecule has 9 aliphatic heterocycles. The van der Waals surface area contributed by atoms with Crippen molar-refractivity contribution in [2.24, 2.45) is 56.6 Å². The van der Waals surface area contributed by atoms with Gasteiger partial charge in [-0.2, -0.15) is 0 Å². The van der Waals surface area contributed by atoms with Crippen LogP contribution in [0.25, 0.3) is 0 Å². The highest BCUT2D eigenvalue weighted by Gasteiger charge is 2.36. The lowest BCUT2D eigenvalue weighted by Gasteiger charge is -2.34. The van der Waals surface area contributed by atoms with Crippen LogP contribution < -0.4 is 52.4 Å². The first-order chi connectivity index (χ1) is 55.9. The summed E-state index contributed by atoms with van der Waals surface area (Å²) >= 11 is 0. The van der Waals surface area contributed by atoms with Crippen molar-refractivity contribution in [2.75, 3.05) is 66.0 Å². The van der Waals surface area contributed by atoms with Gasteiger partial charge in [0.15, 0.2) is 0 Å². The Morgan fingerprint density at radius 2 is 0.706 bits per heavy atom. The molecule has 2 amide bonds. The fraction of sp³-hybridized carbons (Fsp3) is 0.537. The van der Waals surface area contributed by atoms with Gasteiger partial charge in [0, 0.05) is 45.8 Å². The molecule has 11 N–H and O–H groups in total. The second-order valence-corrected chi connectivity index (χ2v) is 41.2. The molecule has 2 atom stereocenters. The fourth-order valence-electron chi connectivity index (χ4n) is 15.3. The van der Waals surface area contributed by atoms with Gasteiger partial charge in [0.2, 0.25) is 0 Å². The third-order valence-corrected chi connectivity index (χ3v) is 26.6. The van der Waals surface area contributed by atoms with Crippen LogP contribution in [0.1, 0.15) is 188 Å². The highest BCUT2D eigenvalue weighted by Crippen LogP contribution is 2.37. The van der Waals surface area contributed by atoms with Gasteiger partial charge in [-0.05, 0) is 197 Å². The Balaban J connectivity index is 0.000000146. The lowest BCUT2D eigenvalue weighted by molar-refractivity contribution is -0.0164. The number of piperidine rings is 4. The van der Waals surface area contributed by atoms with E-state index in [2.05, 4.69) is 33.9 Å². The summed E-state index contributed by atoms with van der Waals surface area (Å²) in [6, 6.07) is 26.5. The van der Waals surface area contributed by atoms with Crippen LogP contribution in [-0.4, -0.2) is 216 Å². The van der Waals surface area contributed by atoms with Crippen molar-refractivity contribution in [3.63, 3.8) is 0 Å². The minimum Gasteiger partial charge on any atom is -0.493 e. The molecule has 0 radical (unpaired) electrons. The van der Waals surface area contributed by atoms with Crippen molar-refractivity contribution in [3.05, 3.63) is 147 Å². The summed E-state index contributed by atoms with van der Waals surface area (Å²) in [7, 11) is -15.6. The zero-order valence-electron chi connectivity index (χ0n) is 68.4. The Bertz CT molecular complexity index is 5310. The molecular formula is C80H110N14O20S5. The molecule has 119 heavy (non-hydrogen) atoms. The molecule has 1 aliphatic carbocycles. The van der Waals surface area contributed by atoms with Crippen LogP contribution in [0, 0.1) is 5.92 Å². The van der Waals surface area contributed by atoms with Crippen LogP contribution in [0.4, 0.5) is 9.59 Å². The number of nitrogens with zero attached hydrogens (tertiary/aromatic N) is 9. The normalized spacial score (nSPS) is 21.6. The summed E-state index contributed by atoms with van der Waals surface area (Å²) in [5.41, 5.74) is 34.2. The van der Waals surface area contributed by atoms with E-state index in [9.17, 15) is 56.8 Å². The number of carbonyl (C=O) groups excluding carboxylic acids is 2. The average molecular weight is 1750 g/mol. The Kier molecular flexibility index (Phi) is 28.7. The van der Waals surface area contributed by atoms with E-state index < -0.39 is 67.5 Å². The first-order valence-corrected chi connectivity index (χ1v) is 47.9. The molecule has 15 rings (SSSR count). The number of likely N-dealkylation sites (tertiary alicyclic amines) is 4. The van der Waals surface area contributed by atoms with E-state index >= 15 is 0 Å². The number of amides is 2. The van der Waals surface area contributed by atoms with Gasteiger partial charge in [-0.3, -0.25) is 4.90 Å². The maximum absolute atomic E-state index is 12.3. The van der Waals surface area contributed by atoms with Crippen LogP contribution in [0.15, 0.2) is 113 Å². The molecule has 0 spiro atoms. The number of benzene rings is 5. The number of amidine groups is 5. The molecule has 5 fully saturated rings. The molecule has 0 aromatic heterocycles. The maximum atomic E-state index is 12.3. The van der Waals surface area contributed by atoms with Gasteiger partial charge in [0.25, 0.3) is 50.1 Å². The number of nitrogens with two attached hydrogens (primary N) is 5. The van der Waals surface area contributed by atoms with Gasteiger partial charge in [-0.1, -0.05) is 67.1 Å². The van der Waals surface area contributed by atoms with Crippen molar-refractivity contribution < 1.29 is 89.9 Å². The van der Waals surface area contributed by atoms with Crippen LogP contribution in [0.2, 0.25) is 0 Å². The number of aliphatic hydroxyl groups excluding tert-OH is 1. The van der Waals surface area contributed by atoms with Gasteiger partial charge in [0.05, 0.1) is 75.8 Å². The molecule has 650 valence electrons. The molecule has 1 unspecified atom stereocenters. The summed E-state index contributed by atoms with van der Waals surface area (Å²) in [6.07, 6.45) is 11.4. The number of hydrogen-bond acceptors (Lipinski definition) is 27. The summed E-state index contributed by atoms with van der Waals surface area (Å²) in [5.74, 6) is 2.41. The smallest absolute Gasteiger partial charge is 0.410 e. The number of hydrogen-bond donors (Lipinski definition) is 6. The van der Waals surface area contributed by atoms with Crippen molar-refractivity contribution in [2.45, 2.75) is 203 Å². The fourth-order valence-corrected chi connectivity index (χ4v) is 20.7. The van der Waals surface area contributed by atoms with Crippen molar-refractivity contribution in [1.29, 1.82) is 0 Å². The van der Waals surface area contributed by atoms with E-state index in [4.69, 9.17) is 61.8 Å². The van der Waals surface area contributed by atoms with Crippen molar-refractivity contribution in [1.82, 2.24) is 19.6 Å². The third-order valence-electron chi connectivity index (χ3n) is 20.9. The van der Waals surface area contributed by atoms with Gasteiger partial charge < -0.3 is 81.6 Å². The van der Waals surface area contributed by atoms with Gasteiger partial charge in [0.1, 0.15) is 93.7 Å². The van der Waals surface area contributed by atoms with E-state index in [0.29, 0.717) is 123 Å². The molecule has 1 saturated carbocycles. The molecule has 34 nitrogen and oxygen atoms in total. The van der Waals surface area contributed by atoms with Gasteiger partial charge in [-0.15, -0.1) is 22.0 Å². The predicted octanol–water partition coefficient (Wildman–Crippen LogP) is 7.35. The van der Waals surface area contributed by atoms with Gasteiger partial charge >= 0.3 is 12.2 Å². The molecular weight excluding hydrogens is 1640 g/mol. The van der Waals surface area contributed by atoms with E-state index in [1.807, 2.05) is 64.6 Å². The molecule has 4 saturated heterocycles. The van der Waals surface area contributed by atoms with E-state index in [-0.39, 0.29) is 94.5 Å². The second-order valence-electron chi connectivity index (χ2n) is 33.0. The number of carbonyl (C=O) groups is 2. The molecule has 9 heterocycles. The second kappa shape index (κ2) is 37.7. The minimum atomic E-state index is -3.59. The Labute approximate surface area is 697 Å². The number of aliphatic hydroxyl groups is 1. The molecule has 5 aromatic rings. The minimum absolute atomic E-state index is 0.0109. The van der Waals surface area contributed by atoms with Crippen molar-refractivity contribution in [3.8, 4) is 28.7 Å². The molecule has 0 bridgehead atoms. The number of ether oxygens (including phenoxy) is 7. The topological polar surface area (TPSA) is 495 Å². The number of fused-ring (bicyclic) bond motifs is 5. The number of sulfonamides is 5. The predicted molar refractivity (Wildman–Crippen MR) is 452 cm³/mol. The zero-order chi connectivity index (χ0) is 86.2. The molecule has 5 aromatic carbocycles. The summed E-state index contributed by atoms with van der Waals surface area (Å²) < 4.78 is 176. The van der Waals surface area contributed by atoms with E-state index in [1.54, 1.807) is 89.5 Å². The highest BCUT2D eigenvalue weighted by atomic mass is 32.2. The maximum Gasteiger partial charge on any atom is 0.410 e. The number of rotatable bonds is 12.